The third kappa shape index (κ3) is 4.08. The van der Waals surface area contributed by atoms with Crippen molar-refractivity contribution in [2.24, 2.45) is 0 Å². The first kappa shape index (κ1) is 12.8. The van der Waals surface area contributed by atoms with Crippen LogP contribution in [0.1, 0.15) is 43.4 Å². The van der Waals surface area contributed by atoms with Crippen molar-refractivity contribution in [3.05, 3.63) is 35.4 Å². The molecule has 16 heavy (non-hydrogen) atoms. The molecule has 0 aliphatic rings. The molecule has 1 unspecified atom stereocenters. The molecule has 1 heteroatoms. The molecule has 86 valence electrons. The number of rotatable bonds is 6. The lowest BCUT2D eigenvalue weighted by molar-refractivity contribution is 0.502. The predicted molar refractivity (Wildman–Crippen MR) is 70.3 cm³/mol. The monoisotopic (exact) mass is 215 g/mol. The average Bonchev–Trinajstić information content (AvgIpc) is 2.29. The number of nitrogens with one attached hydrogen (secondary N) is 1. The first-order chi connectivity index (χ1) is 7.77. The summed E-state index contributed by atoms with van der Waals surface area (Å²) in [4.78, 5) is 0. The van der Waals surface area contributed by atoms with E-state index in [1.54, 1.807) is 0 Å². The highest BCUT2D eigenvalue weighted by molar-refractivity contribution is 5.24. The van der Waals surface area contributed by atoms with Gasteiger partial charge in [-0.2, -0.15) is 0 Å². The van der Waals surface area contributed by atoms with Crippen molar-refractivity contribution in [1.82, 2.24) is 5.32 Å². The number of terminal acetylenes is 1. The topological polar surface area (TPSA) is 12.0 Å². The van der Waals surface area contributed by atoms with E-state index in [2.05, 4.69) is 49.4 Å². The highest BCUT2D eigenvalue weighted by Crippen LogP contribution is 2.19. The highest BCUT2D eigenvalue weighted by Gasteiger charge is 2.08. The molecule has 0 bridgehead atoms. The summed E-state index contributed by atoms with van der Waals surface area (Å²) in [6.45, 7) is 5.25. The Morgan fingerprint density at radius 2 is 2.00 bits per heavy atom. The van der Waals surface area contributed by atoms with Crippen LogP contribution in [0.2, 0.25) is 0 Å². The predicted octanol–water partition coefficient (Wildman–Crippen LogP) is 3.45. The molecule has 0 spiro atoms. The van der Waals surface area contributed by atoms with Gasteiger partial charge in [0.1, 0.15) is 0 Å². The van der Waals surface area contributed by atoms with Gasteiger partial charge >= 0.3 is 0 Å². The fourth-order valence-electron chi connectivity index (χ4n) is 1.84. The van der Waals surface area contributed by atoms with Crippen molar-refractivity contribution in [3.63, 3.8) is 0 Å². The van der Waals surface area contributed by atoms with Crippen molar-refractivity contribution in [2.45, 2.75) is 39.2 Å². The van der Waals surface area contributed by atoms with Crippen molar-refractivity contribution < 1.29 is 0 Å². The minimum atomic E-state index is 0.443. The maximum atomic E-state index is 5.28. The van der Waals surface area contributed by atoms with Gasteiger partial charge < -0.3 is 5.32 Å². The van der Waals surface area contributed by atoms with Crippen molar-refractivity contribution >= 4 is 0 Å². The number of hydrogen-bond donors (Lipinski definition) is 1. The molecular weight excluding hydrogens is 194 g/mol. The Balaban J connectivity index is 2.62. The second-order valence-corrected chi connectivity index (χ2v) is 4.12. The lowest BCUT2D eigenvalue weighted by atomic mass is 10.00. The summed E-state index contributed by atoms with van der Waals surface area (Å²) in [7, 11) is 0. The first-order valence-corrected chi connectivity index (χ1v) is 6.01. The van der Waals surface area contributed by atoms with Crippen LogP contribution in [-0.2, 0) is 0 Å². The van der Waals surface area contributed by atoms with E-state index in [1.165, 1.54) is 11.1 Å². The number of hydrogen-bond acceptors (Lipinski definition) is 1. The Morgan fingerprint density at radius 1 is 1.31 bits per heavy atom. The van der Waals surface area contributed by atoms with Gasteiger partial charge in [0, 0.05) is 12.5 Å². The first-order valence-electron chi connectivity index (χ1n) is 6.01. The van der Waals surface area contributed by atoms with Gasteiger partial charge in [-0.1, -0.05) is 36.8 Å². The van der Waals surface area contributed by atoms with E-state index in [9.17, 15) is 0 Å². The van der Waals surface area contributed by atoms with Crippen molar-refractivity contribution in [1.29, 1.82) is 0 Å². The average molecular weight is 215 g/mol. The molecule has 0 radical (unpaired) electrons. The Kier molecular flexibility index (Phi) is 5.67. The molecule has 0 saturated heterocycles. The van der Waals surface area contributed by atoms with E-state index >= 15 is 0 Å². The summed E-state index contributed by atoms with van der Waals surface area (Å²) in [6.07, 6.45) is 8.34. The zero-order chi connectivity index (χ0) is 11.8. The molecule has 1 atom stereocenters. The molecule has 0 saturated carbocycles. The zero-order valence-corrected chi connectivity index (χ0v) is 10.3. The third-order valence-corrected chi connectivity index (χ3v) is 2.74. The summed E-state index contributed by atoms with van der Waals surface area (Å²) in [5.74, 6) is 2.70. The van der Waals surface area contributed by atoms with Gasteiger partial charge in [0.25, 0.3) is 0 Å². The zero-order valence-electron chi connectivity index (χ0n) is 10.3. The van der Waals surface area contributed by atoms with Gasteiger partial charge in [0.05, 0.1) is 0 Å². The number of unbranched alkanes of at least 4 members (excludes halogenated alkanes) is 1. The van der Waals surface area contributed by atoms with Gasteiger partial charge in [0.2, 0.25) is 0 Å². The maximum absolute atomic E-state index is 5.28. The molecule has 1 rings (SSSR count). The molecule has 1 aromatic rings. The largest absolute Gasteiger partial charge is 0.310 e. The van der Waals surface area contributed by atoms with Crippen LogP contribution in [0.15, 0.2) is 24.3 Å². The fraction of sp³-hybridized carbons (Fsp3) is 0.467. The SMILES string of the molecule is C#CCCCC(NCC)c1ccc(C)cc1. The summed E-state index contributed by atoms with van der Waals surface area (Å²) in [5, 5.41) is 3.51. The van der Waals surface area contributed by atoms with E-state index in [0.717, 1.165) is 25.8 Å². The van der Waals surface area contributed by atoms with Crippen molar-refractivity contribution in [2.75, 3.05) is 6.54 Å². The van der Waals surface area contributed by atoms with Gasteiger partial charge in [-0.05, 0) is 31.9 Å². The Morgan fingerprint density at radius 3 is 2.56 bits per heavy atom. The molecule has 0 amide bonds. The quantitative estimate of drug-likeness (QED) is 0.566. The van der Waals surface area contributed by atoms with E-state index in [1.807, 2.05) is 0 Å². The third-order valence-electron chi connectivity index (χ3n) is 2.74. The molecule has 0 aliphatic heterocycles. The summed E-state index contributed by atoms with van der Waals surface area (Å²) < 4.78 is 0. The van der Waals surface area contributed by atoms with Crippen LogP contribution in [0.25, 0.3) is 0 Å². The summed E-state index contributed by atoms with van der Waals surface area (Å²) >= 11 is 0. The molecule has 0 heterocycles. The van der Waals surface area contributed by atoms with Gasteiger partial charge in [-0.3, -0.25) is 0 Å². The van der Waals surface area contributed by atoms with Gasteiger partial charge in [-0.25, -0.2) is 0 Å². The van der Waals surface area contributed by atoms with Crippen LogP contribution in [0.3, 0.4) is 0 Å². The second kappa shape index (κ2) is 7.09. The standard InChI is InChI=1S/C15H21N/c1-4-6-7-8-15(16-5-2)14-11-9-13(3)10-12-14/h1,9-12,15-16H,5-8H2,2-3H3. The van der Waals surface area contributed by atoms with Crippen LogP contribution >= 0.6 is 0 Å². The maximum Gasteiger partial charge on any atom is 0.0320 e. The molecular formula is C15H21N. The lowest BCUT2D eigenvalue weighted by Gasteiger charge is -2.18. The van der Waals surface area contributed by atoms with E-state index in [0.29, 0.717) is 6.04 Å². The van der Waals surface area contributed by atoms with Crippen molar-refractivity contribution in [3.8, 4) is 12.3 Å². The highest BCUT2D eigenvalue weighted by atomic mass is 14.9. The Labute approximate surface area is 99.3 Å². The molecule has 0 aliphatic carbocycles. The molecule has 0 aromatic heterocycles. The normalized spacial score (nSPS) is 12.1. The van der Waals surface area contributed by atoms with Crippen LogP contribution < -0.4 is 5.32 Å². The number of aryl methyl sites for hydroxylation is 1. The van der Waals surface area contributed by atoms with E-state index in [-0.39, 0.29) is 0 Å². The van der Waals surface area contributed by atoms with Gasteiger partial charge in [0.15, 0.2) is 0 Å². The minimum absolute atomic E-state index is 0.443. The smallest absolute Gasteiger partial charge is 0.0320 e. The van der Waals surface area contributed by atoms with Crippen LogP contribution in [0.5, 0.6) is 0 Å². The Bertz CT molecular complexity index is 331. The molecule has 1 N–H and O–H groups in total. The second-order valence-electron chi connectivity index (χ2n) is 4.12. The van der Waals surface area contributed by atoms with Crippen LogP contribution in [0, 0.1) is 19.3 Å². The lowest BCUT2D eigenvalue weighted by Crippen LogP contribution is -2.20. The van der Waals surface area contributed by atoms with Gasteiger partial charge in [-0.15, -0.1) is 12.3 Å². The van der Waals surface area contributed by atoms with Crippen LogP contribution in [0.4, 0.5) is 0 Å². The minimum Gasteiger partial charge on any atom is -0.310 e. The fourth-order valence-corrected chi connectivity index (χ4v) is 1.84. The summed E-state index contributed by atoms with van der Waals surface area (Å²) in [5.41, 5.74) is 2.67. The number of benzene rings is 1. The molecule has 0 fully saturated rings. The van der Waals surface area contributed by atoms with Crippen LogP contribution in [-0.4, -0.2) is 6.54 Å². The van der Waals surface area contributed by atoms with E-state index in [4.69, 9.17) is 6.42 Å². The summed E-state index contributed by atoms with van der Waals surface area (Å²) in [6, 6.07) is 9.19. The van der Waals surface area contributed by atoms with E-state index < -0.39 is 0 Å². The molecule has 1 aromatic carbocycles. The Hall–Kier alpha value is -1.26. The molecule has 1 nitrogen and oxygen atoms in total.